The molecule has 0 unspecified atom stereocenters. The molecule has 2 rings (SSSR count). The highest BCUT2D eigenvalue weighted by Crippen LogP contribution is 2.32. The van der Waals surface area contributed by atoms with Crippen molar-refractivity contribution >= 4 is 39.7 Å². The fourth-order valence-electron chi connectivity index (χ4n) is 1.51. The summed E-state index contributed by atoms with van der Waals surface area (Å²) < 4.78 is 15.0. The summed E-state index contributed by atoms with van der Waals surface area (Å²) in [6.45, 7) is 3.70. The molecule has 0 radical (unpaired) electrons. The number of aromatic amines is 1. The average molecular weight is 348 g/mol. The highest BCUT2D eigenvalue weighted by atomic mass is 79.9. The zero-order chi connectivity index (χ0) is 13.4. The third-order valence-electron chi connectivity index (χ3n) is 2.63. The molecular formula is C12H9BrClFN2S. The molecule has 1 aromatic carbocycles. The Balaban J connectivity index is 2.74. The minimum Gasteiger partial charge on any atom is -0.347 e. The number of aromatic nitrogens is 2. The van der Waals surface area contributed by atoms with Gasteiger partial charge in [0, 0.05) is 15.7 Å². The molecular weight excluding hydrogens is 339 g/mol. The Hall–Kier alpha value is -0.780. The van der Waals surface area contributed by atoms with Crippen molar-refractivity contribution in [2.75, 3.05) is 0 Å². The van der Waals surface area contributed by atoms with E-state index in [1.807, 2.05) is 13.8 Å². The summed E-state index contributed by atoms with van der Waals surface area (Å²) >= 11 is 14.2. The fraction of sp³-hybridized carbons (Fsp3) is 0.167. The molecule has 0 amide bonds. The zero-order valence-electron chi connectivity index (χ0n) is 9.64. The van der Waals surface area contributed by atoms with E-state index in [2.05, 4.69) is 25.9 Å². The fourth-order valence-corrected chi connectivity index (χ4v) is 2.29. The van der Waals surface area contributed by atoms with Gasteiger partial charge in [-0.2, -0.15) is 0 Å². The molecule has 0 spiro atoms. The van der Waals surface area contributed by atoms with Crippen LogP contribution in [-0.4, -0.2) is 9.97 Å². The number of nitrogens with one attached hydrogen (secondary N) is 1. The summed E-state index contributed by atoms with van der Waals surface area (Å²) in [4.78, 5) is 7.32. The van der Waals surface area contributed by atoms with Crippen molar-refractivity contribution < 1.29 is 4.39 Å². The van der Waals surface area contributed by atoms with E-state index in [9.17, 15) is 4.39 Å². The van der Waals surface area contributed by atoms with Crippen molar-refractivity contribution in [3.05, 3.63) is 43.5 Å². The molecule has 1 aromatic heterocycles. The maximum Gasteiger partial charge on any atom is 0.152 e. The number of hydrogen-bond acceptors (Lipinski definition) is 2. The topological polar surface area (TPSA) is 28.7 Å². The summed E-state index contributed by atoms with van der Waals surface area (Å²) in [6, 6.07) is 3.28. The second kappa shape index (κ2) is 5.07. The molecule has 18 heavy (non-hydrogen) atoms. The van der Waals surface area contributed by atoms with Crippen LogP contribution in [0, 0.1) is 24.3 Å². The summed E-state index contributed by atoms with van der Waals surface area (Å²) in [5.74, 6) is -0.527. The Labute approximate surface area is 122 Å². The van der Waals surface area contributed by atoms with E-state index in [1.54, 1.807) is 12.1 Å². The molecule has 94 valence electrons. The lowest BCUT2D eigenvalue weighted by Gasteiger charge is -2.08. The van der Waals surface area contributed by atoms with E-state index < -0.39 is 5.82 Å². The predicted molar refractivity (Wildman–Crippen MR) is 77.0 cm³/mol. The van der Waals surface area contributed by atoms with Crippen LogP contribution in [0.25, 0.3) is 11.3 Å². The van der Waals surface area contributed by atoms with Crippen LogP contribution in [0.15, 0.2) is 16.6 Å². The molecule has 0 fully saturated rings. The van der Waals surface area contributed by atoms with Crippen LogP contribution in [-0.2, 0) is 0 Å². The van der Waals surface area contributed by atoms with E-state index in [0.717, 1.165) is 11.4 Å². The van der Waals surface area contributed by atoms with Gasteiger partial charge in [-0.15, -0.1) is 0 Å². The first kappa shape index (κ1) is 13.6. The zero-order valence-corrected chi connectivity index (χ0v) is 12.8. The summed E-state index contributed by atoms with van der Waals surface area (Å²) in [6.07, 6.45) is 0. The predicted octanol–water partition coefficient (Wildman–Crippen LogP) is 4.98. The van der Waals surface area contributed by atoms with Gasteiger partial charge in [0.15, 0.2) is 5.82 Å². The first-order valence-corrected chi connectivity index (χ1v) is 6.71. The molecule has 0 aliphatic carbocycles. The summed E-state index contributed by atoms with van der Waals surface area (Å²) in [7, 11) is 0. The molecule has 0 saturated carbocycles. The van der Waals surface area contributed by atoms with Crippen LogP contribution in [0.4, 0.5) is 4.39 Å². The molecule has 0 aliphatic heterocycles. The van der Waals surface area contributed by atoms with Crippen molar-refractivity contribution in [3.63, 3.8) is 0 Å². The highest BCUT2D eigenvalue weighted by molar-refractivity contribution is 9.10. The molecule has 0 aliphatic rings. The van der Waals surface area contributed by atoms with Gasteiger partial charge in [0.2, 0.25) is 0 Å². The number of hydrogen-bond donors (Lipinski definition) is 1. The van der Waals surface area contributed by atoms with Gasteiger partial charge in [-0.05, 0) is 41.9 Å². The lowest BCUT2D eigenvalue weighted by Crippen LogP contribution is -1.98. The summed E-state index contributed by atoms with van der Waals surface area (Å²) in [5.41, 5.74) is 2.34. The van der Waals surface area contributed by atoms with E-state index in [0.29, 0.717) is 20.4 Å². The molecule has 0 saturated heterocycles. The number of benzene rings is 1. The molecule has 1 N–H and O–H groups in total. The van der Waals surface area contributed by atoms with Crippen LogP contribution in [0.1, 0.15) is 11.4 Å². The highest BCUT2D eigenvalue weighted by Gasteiger charge is 2.15. The van der Waals surface area contributed by atoms with Crippen molar-refractivity contribution in [2.45, 2.75) is 13.8 Å². The van der Waals surface area contributed by atoms with Gasteiger partial charge in [-0.25, -0.2) is 9.37 Å². The third kappa shape index (κ3) is 2.35. The van der Waals surface area contributed by atoms with Crippen LogP contribution in [0.2, 0.25) is 5.02 Å². The van der Waals surface area contributed by atoms with Gasteiger partial charge in [-0.3, -0.25) is 0 Å². The maximum atomic E-state index is 14.1. The van der Waals surface area contributed by atoms with Crippen molar-refractivity contribution in [2.24, 2.45) is 0 Å². The Morgan fingerprint density at radius 2 is 2.06 bits per heavy atom. The first-order chi connectivity index (χ1) is 8.41. The second-order valence-corrected chi connectivity index (χ2v) is 5.49. The maximum absolute atomic E-state index is 14.1. The van der Waals surface area contributed by atoms with Crippen LogP contribution >= 0.6 is 39.7 Å². The smallest absolute Gasteiger partial charge is 0.152 e. The van der Waals surface area contributed by atoms with Gasteiger partial charge in [0.25, 0.3) is 0 Å². The van der Waals surface area contributed by atoms with Crippen LogP contribution in [0.3, 0.4) is 0 Å². The van der Waals surface area contributed by atoms with Crippen molar-refractivity contribution in [3.8, 4) is 11.3 Å². The van der Waals surface area contributed by atoms with Gasteiger partial charge in [0.1, 0.15) is 10.3 Å². The van der Waals surface area contributed by atoms with E-state index in [4.69, 9.17) is 23.8 Å². The first-order valence-electron chi connectivity index (χ1n) is 5.13. The van der Waals surface area contributed by atoms with Crippen molar-refractivity contribution in [1.29, 1.82) is 0 Å². The number of halogens is 3. The van der Waals surface area contributed by atoms with Gasteiger partial charge in [0.05, 0.1) is 10.7 Å². The average Bonchev–Trinajstić information content (AvgIpc) is 2.32. The molecule has 1 heterocycles. The van der Waals surface area contributed by atoms with Crippen molar-refractivity contribution in [1.82, 2.24) is 9.97 Å². The molecule has 0 bridgehead atoms. The van der Waals surface area contributed by atoms with E-state index in [-0.39, 0.29) is 5.02 Å². The Kier molecular flexibility index (Phi) is 3.84. The third-order valence-corrected chi connectivity index (χ3v) is 4.18. The van der Waals surface area contributed by atoms with Gasteiger partial charge in [-0.1, -0.05) is 23.8 Å². The Bertz CT molecular complexity index is 685. The number of nitrogens with zero attached hydrogens (tertiary/aromatic N) is 1. The SMILES string of the molecule is Cc1nc(-c2ccc(Br)c(Cl)c2F)c(=S)[nH]c1C. The largest absolute Gasteiger partial charge is 0.347 e. The quantitative estimate of drug-likeness (QED) is 0.582. The number of rotatable bonds is 1. The number of aryl methyl sites for hydroxylation is 2. The Morgan fingerprint density at radius 1 is 1.39 bits per heavy atom. The van der Waals surface area contributed by atoms with Gasteiger partial charge < -0.3 is 4.98 Å². The molecule has 6 heteroatoms. The minimum atomic E-state index is -0.527. The van der Waals surface area contributed by atoms with Crippen LogP contribution in [0.5, 0.6) is 0 Å². The lowest BCUT2D eigenvalue weighted by atomic mass is 10.1. The van der Waals surface area contributed by atoms with Crippen LogP contribution < -0.4 is 0 Å². The minimum absolute atomic E-state index is 0.0296. The second-order valence-electron chi connectivity index (χ2n) is 3.85. The standard InChI is InChI=1S/C12H9BrClFN2S/c1-5-6(2)17-12(18)11(16-5)7-3-4-8(13)9(14)10(7)15/h3-4H,1-2H3,(H,17,18). The van der Waals surface area contributed by atoms with E-state index in [1.165, 1.54) is 0 Å². The molecule has 2 aromatic rings. The summed E-state index contributed by atoms with van der Waals surface area (Å²) in [5, 5.41) is 0.0296. The lowest BCUT2D eigenvalue weighted by molar-refractivity contribution is 0.630. The monoisotopic (exact) mass is 346 g/mol. The Morgan fingerprint density at radius 3 is 2.72 bits per heavy atom. The van der Waals surface area contributed by atoms with Gasteiger partial charge >= 0.3 is 0 Å². The number of H-pyrrole nitrogens is 1. The molecule has 2 nitrogen and oxygen atoms in total. The normalized spacial score (nSPS) is 10.7. The molecule has 0 atom stereocenters. The van der Waals surface area contributed by atoms with E-state index >= 15 is 0 Å².